The number of alkyl halides is 3. The number of hydrogen-bond acceptors (Lipinski definition) is 4. The van der Waals surface area contributed by atoms with Gasteiger partial charge in [-0.25, -0.2) is 12.7 Å². The Bertz CT molecular complexity index is 860. The molecular weight excluding hydrogens is 433 g/mol. The molecule has 2 fully saturated rings. The lowest BCUT2D eigenvalue weighted by Gasteiger charge is -2.29. The summed E-state index contributed by atoms with van der Waals surface area (Å²) in [6, 6.07) is 0. The van der Waals surface area contributed by atoms with E-state index >= 15 is 0 Å². The van der Waals surface area contributed by atoms with Crippen LogP contribution in [-0.2, 0) is 27.5 Å². The summed E-state index contributed by atoms with van der Waals surface area (Å²) in [6.07, 6.45) is -0.529. The van der Waals surface area contributed by atoms with Crippen LogP contribution in [0.1, 0.15) is 49.4 Å². The number of hydrogen-bond donors (Lipinski definition) is 1. The summed E-state index contributed by atoms with van der Waals surface area (Å²) in [5.41, 5.74) is -0.624. The molecule has 0 radical (unpaired) electrons. The first-order valence-electron chi connectivity index (χ1n) is 9.54. The summed E-state index contributed by atoms with van der Waals surface area (Å²) >= 11 is 5.94. The second-order valence-electron chi connectivity index (χ2n) is 7.62. The highest BCUT2D eigenvalue weighted by atomic mass is 35.5. The summed E-state index contributed by atoms with van der Waals surface area (Å²) in [5.74, 6) is -0.401. The van der Waals surface area contributed by atoms with Gasteiger partial charge in [0.2, 0.25) is 15.9 Å². The molecule has 0 aromatic carbocycles. The van der Waals surface area contributed by atoms with Crippen LogP contribution >= 0.6 is 11.6 Å². The maximum absolute atomic E-state index is 13.1. The third-order valence-corrected chi connectivity index (χ3v) is 6.98. The van der Waals surface area contributed by atoms with Crippen molar-refractivity contribution < 1.29 is 26.4 Å². The maximum Gasteiger partial charge on any atom is 0.436 e. The van der Waals surface area contributed by atoms with Gasteiger partial charge in [-0.1, -0.05) is 11.6 Å². The van der Waals surface area contributed by atoms with Crippen LogP contribution in [0.4, 0.5) is 13.2 Å². The van der Waals surface area contributed by atoms with Crippen LogP contribution < -0.4 is 5.32 Å². The van der Waals surface area contributed by atoms with E-state index in [2.05, 4.69) is 10.4 Å². The Morgan fingerprint density at radius 2 is 1.86 bits per heavy atom. The minimum absolute atomic E-state index is 0.0146. The highest BCUT2D eigenvalue weighted by molar-refractivity contribution is 7.88. The molecule has 1 saturated carbocycles. The van der Waals surface area contributed by atoms with E-state index in [1.165, 1.54) is 8.99 Å². The third kappa shape index (κ3) is 5.43. The zero-order chi connectivity index (χ0) is 21.4. The summed E-state index contributed by atoms with van der Waals surface area (Å²) in [4.78, 5) is 12.3. The molecule has 0 bridgehead atoms. The van der Waals surface area contributed by atoms with Gasteiger partial charge in [-0.05, 0) is 32.1 Å². The molecule has 164 valence electrons. The zero-order valence-electron chi connectivity index (χ0n) is 16.0. The molecule has 1 amide bonds. The molecule has 1 aliphatic carbocycles. The minimum atomic E-state index is -4.60. The Morgan fingerprint density at radius 1 is 1.24 bits per heavy atom. The molecule has 1 saturated heterocycles. The fraction of sp³-hybridized carbons (Fsp3) is 0.765. The molecule has 7 nitrogen and oxygen atoms in total. The predicted octanol–water partition coefficient (Wildman–Crippen LogP) is 2.61. The highest BCUT2D eigenvalue weighted by Crippen LogP contribution is 2.46. The van der Waals surface area contributed by atoms with Gasteiger partial charge in [0.25, 0.3) is 0 Å². The first-order valence-corrected chi connectivity index (χ1v) is 11.8. The fourth-order valence-electron chi connectivity index (χ4n) is 3.59. The lowest BCUT2D eigenvalue weighted by Crippen LogP contribution is -2.42. The Balaban J connectivity index is 1.49. The number of carbonyl (C=O) groups is 1. The van der Waals surface area contributed by atoms with Crippen molar-refractivity contribution in [1.82, 2.24) is 19.4 Å². The quantitative estimate of drug-likeness (QED) is 0.639. The first-order chi connectivity index (χ1) is 13.5. The number of halogens is 4. The van der Waals surface area contributed by atoms with E-state index in [0.717, 1.165) is 19.1 Å². The van der Waals surface area contributed by atoms with Crippen molar-refractivity contribution in [2.75, 3.05) is 25.9 Å². The second kappa shape index (κ2) is 8.43. The molecule has 0 unspecified atom stereocenters. The highest BCUT2D eigenvalue weighted by Gasteiger charge is 2.42. The van der Waals surface area contributed by atoms with Crippen LogP contribution in [0, 0.1) is 5.92 Å². The topological polar surface area (TPSA) is 84.3 Å². The van der Waals surface area contributed by atoms with Gasteiger partial charge in [0, 0.05) is 38.0 Å². The molecule has 1 aliphatic heterocycles. The minimum Gasteiger partial charge on any atom is -0.356 e. The van der Waals surface area contributed by atoms with Crippen molar-refractivity contribution in [2.24, 2.45) is 5.92 Å². The number of amides is 1. The molecule has 1 N–H and O–H groups in total. The number of nitrogens with one attached hydrogen (secondary N) is 1. The molecule has 1 aromatic rings. The van der Waals surface area contributed by atoms with Crippen LogP contribution in [0.15, 0.2) is 0 Å². The normalized spacial score (nSPS) is 19.5. The molecule has 0 spiro atoms. The van der Waals surface area contributed by atoms with Crippen molar-refractivity contribution in [1.29, 1.82) is 0 Å². The molecule has 12 heteroatoms. The van der Waals surface area contributed by atoms with Crippen molar-refractivity contribution in [2.45, 2.75) is 50.7 Å². The molecule has 1 aromatic heterocycles. The van der Waals surface area contributed by atoms with E-state index in [-0.39, 0.29) is 29.3 Å². The SMILES string of the molecule is CS(=O)(=O)N1CCC(C(=O)NCCCn2nc(C(F)(F)F)c(Cl)c2C2CC2)CC1. The smallest absolute Gasteiger partial charge is 0.356 e. The fourth-order valence-corrected chi connectivity index (χ4v) is 4.86. The van der Waals surface area contributed by atoms with Crippen molar-refractivity contribution in [3.8, 4) is 0 Å². The average Bonchev–Trinajstić information content (AvgIpc) is 3.40. The molecular formula is C17H24ClF3N4O3S. The number of sulfonamides is 1. The number of aryl methyl sites for hydroxylation is 1. The van der Waals surface area contributed by atoms with Crippen molar-refractivity contribution >= 4 is 27.5 Å². The van der Waals surface area contributed by atoms with E-state index in [1.54, 1.807) is 0 Å². The molecule has 0 atom stereocenters. The third-order valence-electron chi connectivity index (χ3n) is 5.30. The van der Waals surface area contributed by atoms with Gasteiger partial charge in [0.1, 0.15) is 0 Å². The van der Waals surface area contributed by atoms with Crippen LogP contribution in [0.2, 0.25) is 5.02 Å². The molecule has 3 rings (SSSR count). The van der Waals surface area contributed by atoms with Gasteiger partial charge < -0.3 is 5.32 Å². The largest absolute Gasteiger partial charge is 0.436 e. The summed E-state index contributed by atoms with van der Waals surface area (Å²) < 4.78 is 64.9. The Morgan fingerprint density at radius 3 is 2.38 bits per heavy atom. The van der Waals surface area contributed by atoms with E-state index < -0.39 is 21.9 Å². The molecule has 2 heterocycles. The molecule has 29 heavy (non-hydrogen) atoms. The van der Waals surface area contributed by atoms with Crippen LogP contribution in [-0.4, -0.2) is 54.3 Å². The van der Waals surface area contributed by atoms with Gasteiger partial charge in [0.05, 0.1) is 17.0 Å². The van der Waals surface area contributed by atoms with Crippen LogP contribution in [0.5, 0.6) is 0 Å². The van der Waals surface area contributed by atoms with E-state index in [1.807, 2.05) is 0 Å². The van der Waals surface area contributed by atoms with Gasteiger partial charge >= 0.3 is 6.18 Å². The number of carbonyl (C=O) groups excluding carboxylic acids is 1. The lowest BCUT2D eigenvalue weighted by atomic mass is 9.97. The molecule has 2 aliphatic rings. The average molecular weight is 457 g/mol. The zero-order valence-corrected chi connectivity index (χ0v) is 17.6. The number of rotatable bonds is 7. The number of aromatic nitrogens is 2. The number of nitrogens with zero attached hydrogens (tertiary/aromatic N) is 3. The Hall–Kier alpha value is -1.33. The predicted molar refractivity (Wildman–Crippen MR) is 101 cm³/mol. The lowest BCUT2D eigenvalue weighted by molar-refractivity contribution is -0.141. The standard InChI is InChI=1S/C17H24ClF3N4O3S/c1-29(27,28)24-9-5-12(6-10-24)16(26)22-7-2-8-25-14(11-3-4-11)13(18)15(23-25)17(19,20)21/h11-12H,2-10H2,1H3,(H,22,26). The number of piperidine rings is 1. The summed E-state index contributed by atoms with van der Waals surface area (Å²) in [5, 5.41) is 6.14. The summed E-state index contributed by atoms with van der Waals surface area (Å²) in [7, 11) is -3.24. The Kier molecular flexibility index (Phi) is 6.50. The first kappa shape index (κ1) is 22.4. The monoisotopic (exact) mass is 456 g/mol. The van der Waals surface area contributed by atoms with Gasteiger partial charge in [-0.3, -0.25) is 9.48 Å². The van der Waals surface area contributed by atoms with Crippen LogP contribution in [0.3, 0.4) is 0 Å². The maximum atomic E-state index is 13.1. The van der Waals surface area contributed by atoms with Crippen molar-refractivity contribution in [3.05, 3.63) is 16.4 Å². The van der Waals surface area contributed by atoms with E-state index in [0.29, 0.717) is 44.6 Å². The summed E-state index contributed by atoms with van der Waals surface area (Å²) in [6.45, 7) is 1.16. The van der Waals surface area contributed by atoms with Crippen LogP contribution in [0.25, 0.3) is 0 Å². The van der Waals surface area contributed by atoms with Gasteiger partial charge in [0.15, 0.2) is 5.69 Å². The van der Waals surface area contributed by atoms with Gasteiger partial charge in [-0.15, -0.1) is 0 Å². The van der Waals surface area contributed by atoms with Crippen molar-refractivity contribution in [3.63, 3.8) is 0 Å². The van der Waals surface area contributed by atoms with Gasteiger partial charge in [-0.2, -0.15) is 18.3 Å². The second-order valence-corrected chi connectivity index (χ2v) is 9.98. The Labute approximate surface area is 172 Å². The van der Waals surface area contributed by atoms with E-state index in [9.17, 15) is 26.4 Å². The van der Waals surface area contributed by atoms with E-state index in [4.69, 9.17) is 11.6 Å².